The smallest absolute Gasteiger partial charge is 0.478 e. The van der Waals surface area contributed by atoms with Gasteiger partial charge >= 0.3 is 24.5 Å². The number of hydrogen-bond acceptors (Lipinski definition) is 7. The Labute approximate surface area is 179 Å². The molecule has 2 heterocycles. The molecule has 0 unspecified atom stereocenters. The van der Waals surface area contributed by atoms with E-state index in [0.29, 0.717) is 0 Å². The van der Waals surface area contributed by atoms with Crippen molar-refractivity contribution >= 4 is 35.1 Å². The van der Waals surface area contributed by atoms with Gasteiger partial charge in [-0.1, -0.05) is 23.2 Å². The summed E-state index contributed by atoms with van der Waals surface area (Å²) < 4.78 is 71.4. The molecule has 0 saturated heterocycles. The third-order valence-corrected chi connectivity index (χ3v) is 4.24. The normalized spacial score (nSPS) is 16.2. The molecule has 2 aromatic carbocycles. The summed E-state index contributed by atoms with van der Waals surface area (Å²) in [6.45, 7) is 0. The van der Waals surface area contributed by atoms with E-state index in [1.165, 1.54) is 0 Å². The fraction of sp³-hybridized carbons (Fsp3) is 0.176. The van der Waals surface area contributed by atoms with Crippen molar-refractivity contribution in [2.75, 3.05) is 7.11 Å². The SMILES string of the molecule is COC(=O)c1cc2c(cc1Cl)OC(F)(F)O2.O=C(O)c1cc2c(cc1Cl)OC(F)(F)O2. The molecule has 0 bridgehead atoms. The first-order valence-electron chi connectivity index (χ1n) is 7.82. The van der Waals surface area contributed by atoms with E-state index < -0.39 is 24.5 Å². The number of carboxylic acids is 1. The lowest BCUT2D eigenvalue weighted by atomic mass is 10.2. The zero-order valence-electron chi connectivity index (χ0n) is 14.9. The summed E-state index contributed by atoms with van der Waals surface area (Å²) in [4.78, 5) is 21.8. The Balaban J connectivity index is 0.000000176. The predicted octanol–water partition coefficient (Wildman–Crippen LogP) is 4.81. The second kappa shape index (κ2) is 7.85. The summed E-state index contributed by atoms with van der Waals surface area (Å²) in [5, 5.41) is 8.42. The van der Waals surface area contributed by atoms with E-state index in [-0.39, 0.29) is 44.2 Å². The minimum Gasteiger partial charge on any atom is -0.478 e. The molecule has 2 aromatic rings. The second-order valence-electron chi connectivity index (χ2n) is 5.69. The lowest BCUT2D eigenvalue weighted by molar-refractivity contribution is -0.287. The quantitative estimate of drug-likeness (QED) is 0.476. The molecule has 2 aliphatic rings. The minimum absolute atomic E-state index is 0.0492. The topological polar surface area (TPSA) is 101 Å². The van der Waals surface area contributed by atoms with Crippen LogP contribution in [0.4, 0.5) is 17.6 Å². The summed E-state index contributed by atoms with van der Waals surface area (Å²) in [7, 11) is 1.15. The highest BCUT2D eigenvalue weighted by Gasteiger charge is 2.45. The van der Waals surface area contributed by atoms with Crippen molar-refractivity contribution in [3.8, 4) is 23.0 Å². The van der Waals surface area contributed by atoms with Crippen LogP contribution in [0.3, 0.4) is 0 Å². The Morgan fingerprint density at radius 2 is 1.16 bits per heavy atom. The van der Waals surface area contributed by atoms with Crippen LogP contribution in [-0.2, 0) is 4.74 Å². The van der Waals surface area contributed by atoms with E-state index in [4.69, 9.17) is 28.3 Å². The number of methoxy groups -OCH3 is 1. The minimum atomic E-state index is -3.78. The third-order valence-electron chi connectivity index (χ3n) is 3.62. The zero-order chi connectivity index (χ0) is 23.1. The second-order valence-corrected chi connectivity index (χ2v) is 6.50. The molecule has 4 rings (SSSR count). The molecule has 0 aliphatic carbocycles. The number of carbonyl (C=O) groups is 2. The van der Waals surface area contributed by atoms with Crippen LogP contribution in [0.2, 0.25) is 10.0 Å². The number of aromatic carboxylic acids is 1. The van der Waals surface area contributed by atoms with Gasteiger partial charge in [-0.05, 0) is 0 Å². The number of hydrogen-bond donors (Lipinski definition) is 1. The number of halogens is 6. The molecule has 8 nitrogen and oxygen atoms in total. The van der Waals surface area contributed by atoms with Gasteiger partial charge in [0.25, 0.3) is 0 Å². The largest absolute Gasteiger partial charge is 0.586 e. The average molecular weight is 487 g/mol. The van der Waals surface area contributed by atoms with E-state index in [2.05, 4.69) is 23.7 Å². The summed E-state index contributed by atoms with van der Waals surface area (Å²) in [5.74, 6) is -3.18. The number of fused-ring (bicyclic) bond motifs is 2. The number of alkyl halides is 4. The van der Waals surface area contributed by atoms with Crippen LogP contribution in [0.25, 0.3) is 0 Å². The van der Waals surface area contributed by atoms with Crippen molar-refractivity contribution in [1.82, 2.24) is 0 Å². The van der Waals surface area contributed by atoms with Gasteiger partial charge in [0.15, 0.2) is 23.0 Å². The molecule has 14 heteroatoms. The molecule has 0 fully saturated rings. The third kappa shape index (κ3) is 4.80. The Bertz CT molecular complexity index is 1080. The van der Waals surface area contributed by atoms with Gasteiger partial charge in [-0.15, -0.1) is 17.6 Å². The average Bonchev–Trinajstić information content (AvgIpc) is 3.11. The van der Waals surface area contributed by atoms with E-state index in [9.17, 15) is 27.2 Å². The molecular weight excluding hydrogens is 479 g/mol. The molecular formula is C17H8Cl2F4O8. The Morgan fingerprint density at radius 1 is 0.806 bits per heavy atom. The van der Waals surface area contributed by atoms with Crippen LogP contribution < -0.4 is 18.9 Å². The fourth-order valence-electron chi connectivity index (χ4n) is 2.37. The van der Waals surface area contributed by atoms with Crippen molar-refractivity contribution in [1.29, 1.82) is 0 Å². The van der Waals surface area contributed by atoms with Gasteiger partial charge in [0, 0.05) is 24.3 Å². The van der Waals surface area contributed by atoms with Crippen molar-refractivity contribution in [3.63, 3.8) is 0 Å². The molecule has 0 saturated carbocycles. The van der Waals surface area contributed by atoms with Crippen LogP contribution in [0.5, 0.6) is 23.0 Å². The molecule has 31 heavy (non-hydrogen) atoms. The molecule has 0 amide bonds. The molecule has 166 valence electrons. The summed E-state index contributed by atoms with van der Waals surface area (Å²) >= 11 is 11.2. The number of rotatable bonds is 2. The summed E-state index contributed by atoms with van der Waals surface area (Å²) in [5.41, 5.74) is -0.388. The molecule has 1 N–H and O–H groups in total. The van der Waals surface area contributed by atoms with Gasteiger partial charge < -0.3 is 28.8 Å². The Kier molecular flexibility index (Phi) is 5.72. The maximum absolute atomic E-state index is 12.7. The lowest BCUT2D eigenvalue weighted by Gasteiger charge is -2.04. The van der Waals surface area contributed by atoms with Crippen molar-refractivity contribution < 1.29 is 55.9 Å². The number of benzene rings is 2. The van der Waals surface area contributed by atoms with Gasteiger partial charge in [-0.25, -0.2) is 9.59 Å². The van der Waals surface area contributed by atoms with Gasteiger partial charge in [0.05, 0.1) is 28.3 Å². The van der Waals surface area contributed by atoms with Crippen LogP contribution in [-0.4, -0.2) is 36.7 Å². The van der Waals surface area contributed by atoms with Crippen molar-refractivity contribution in [2.45, 2.75) is 12.6 Å². The van der Waals surface area contributed by atoms with Gasteiger partial charge in [-0.3, -0.25) is 0 Å². The van der Waals surface area contributed by atoms with Crippen molar-refractivity contribution in [3.05, 3.63) is 45.4 Å². The maximum Gasteiger partial charge on any atom is 0.586 e. The van der Waals surface area contributed by atoms with E-state index >= 15 is 0 Å². The van der Waals surface area contributed by atoms with E-state index in [1.54, 1.807) is 0 Å². The highest BCUT2D eigenvalue weighted by Crippen LogP contribution is 2.44. The first-order chi connectivity index (χ1) is 14.3. The molecule has 0 radical (unpaired) electrons. The number of carbonyl (C=O) groups excluding carboxylic acids is 1. The molecule has 0 atom stereocenters. The predicted molar refractivity (Wildman–Crippen MR) is 93.6 cm³/mol. The van der Waals surface area contributed by atoms with Gasteiger partial charge in [-0.2, -0.15) is 0 Å². The first-order valence-corrected chi connectivity index (χ1v) is 8.58. The molecule has 0 aromatic heterocycles. The van der Waals surface area contributed by atoms with Crippen LogP contribution in [0, 0.1) is 0 Å². The number of ether oxygens (including phenoxy) is 5. The zero-order valence-corrected chi connectivity index (χ0v) is 16.4. The molecule has 0 spiro atoms. The van der Waals surface area contributed by atoms with Crippen LogP contribution in [0.15, 0.2) is 24.3 Å². The lowest BCUT2D eigenvalue weighted by Crippen LogP contribution is -2.25. The van der Waals surface area contributed by atoms with Crippen LogP contribution in [0.1, 0.15) is 20.7 Å². The summed E-state index contributed by atoms with van der Waals surface area (Å²) in [6, 6.07) is 3.98. The molecule has 2 aliphatic heterocycles. The highest BCUT2D eigenvalue weighted by atomic mass is 35.5. The summed E-state index contributed by atoms with van der Waals surface area (Å²) in [6.07, 6.45) is -7.51. The van der Waals surface area contributed by atoms with E-state index in [0.717, 1.165) is 31.4 Å². The number of carboxylic acid groups (broad SMARTS) is 1. The number of esters is 1. The van der Waals surface area contributed by atoms with Crippen molar-refractivity contribution in [2.24, 2.45) is 0 Å². The monoisotopic (exact) mass is 486 g/mol. The van der Waals surface area contributed by atoms with Crippen LogP contribution >= 0.6 is 23.2 Å². The fourth-order valence-corrected chi connectivity index (χ4v) is 2.84. The maximum atomic E-state index is 12.7. The van der Waals surface area contributed by atoms with E-state index in [1.807, 2.05) is 0 Å². The van der Waals surface area contributed by atoms with Gasteiger partial charge in [0.1, 0.15) is 0 Å². The Morgan fingerprint density at radius 3 is 1.55 bits per heavy atom. The highest BCUT2D eigenvalue weighted by molar-refractivity contribution is 6.34. The Hall–Kier alpha value is -3.12. The first kappa shape index (κ1) is 22.6. The standard InChI is InChI=1S/C9H5ClF2O4.C8H3ClF2O4/c1-14-8(13)4-2-6-7(3-5(4)10)16-9(11,12)15-6;9-4-2-6-5(1-3(4)7(12)13)14-8(10,11)15-6/h2-3H,1H3;1-2H,(H,12,13). The van der Waals surface area contributed by atoms with Gasteiger partial charge in [0.2, 0.25) is 0 Å².